The molecule has 0 atom stereocenters. The van der Waals surface area contributed by atoms with Crippen molar-refractivity contribution in [2.24, 2.45) is 0 Å². The number of hydrogen-bond donors (Lipinski definition) is 1. The van der Waals surface area contributed by atoms with Crippen LogP contribution < -0.4 is 10.2 Å². The van der Waals surface area contributed by atoms with Crippen LogP contribution in [0, 0.1) is 0 Å². The van der Waals surface area contributed by atoms with E-state index in [0.29, 0.717) is 10.6 Å². The number of rotatable bonds is 6. The average molecular weight is 412 g/mol. The summed E-state index contributed by atoms with van der Waals surface area (Å²) in [6, 6.07) is 12.7. The van der Waals surface area contributed by atoms with Crippen LogP contribution in [0.3, 0.4) is 0 Å². The minimum Gasteiger partial charge on any atom is -0.459 e. The van der Waals surface area contributed by atoms with Crippen molar-refractivity contribution in [2.75, 3.05) is 18.6 Å². The lowest BCUT2D eigenvalue weighted by atomic mass is 10.1. The minimum absolute atomic E-state index is 0.0382. The van der Waals surface area contributed by atoms with Gasteiger partial charge in [0.05, 0.1) is 22.4 Å². The van der Waals surface area contributed by atoms with Crippen LogP contribution in [0.5, 0.6) is 0 Å². The Morgan fingerprint density at radius 2 is 1.86 bits per heavy atom. The first-order valence-corrected chi connectivity index (χ1v) is 9.30. The first-order chi connectivity index (χ1) is 14.0. The van der Waals surface area contributed by atoms with Gasteiger partial charge >= 0.3 is 5.97 Å². The van der Waals surface area contributed by atoms with Gasteiger partial charge in [0.15, 0.2) is 12.4 Å². The van der Waals surface area contributed by atoms with Crippen molar-refractivity contribution >= 4 is 40.7 Å². The van der Waals surface area contributed by atoms with E-state index in [2.05, 4.69) is 5.32 Å². The number of hydrogen-bond acceptors (Lipinski definition) is 7. The Balaban J connectivity index is 1.64. The number of amides is 3. The van der Waals surface area contributed by atoms with Gasteiger partial charge in [-0.25, -0.2) is 4.79 Å². The first-order valence-electron chi connectivity index (χ1n) is 8.42. The van der Waals surface area contributed by atoms with Gasteiger partial charge in [0.2, 0.25) is 0 Å². The van der Waals surface area contributed by atoms with Crippen molar-refractivity contribution in [1.29, 1.82) is 0 Å². The van der Waals surface area contributed by atoms with Gasteiger partial charge in [0.1, 0.15) is 0 Å². The number of benzene rings is 1. The normalized spacial score (nSPS) is 10.2. The van der Waals surface area contributed by atoms with Crippen molar-refractivity contribution in [3.05, 3.63) is 76.4 Å². The molecule has 0 saturated heterocycles. The smallest absolute Gasteiger partial charge is 0.340 e. The maximum absolute atomic E-state index is 12.6. The third-order valence-electron chi connectivity index (χ3n) is 3.85. The zero-order chi connectivity index (χ0) is 20.8. The van der Waals surface area contributed by atoms with Crippen LogP contribution in [-0.2, 0) is 9.53 Å². The van der Waals surface area contributed by atoms with Gasteiger partial charge in [-0.1, -0.05) is 18.2 Å². The third kappa shape index (κ3) is 4.77. The maximum atomic E-state index is 12.6. The topological polar surface area (TPSA) is 106 Å². The van der Waals surface area contributed by atoms with Gasteiger partial charge in [0, 0.05) is 7.05 Å². The molecule has 3 amide bonds. The lowest BCUT2D eigenvalue weighted by Crippen LogP contribution is -2.34. The number of carbonyl (C=O) groups excluding carboxylic acids is 4. The molecule has 0 aliphatic heterocycles. The van der Waals surface area contributed by atoms with Gasteiger partial charge in [-0.15, -0.1) is 11.3 Å². The second-order valence-corrected chi connectivity index (χ2v) is 6.74. The van der Waals surface area contributed by atoms with Crippen LogP contribution in [0.2, 0.25) is 0 Å². The first kappa shape index (κ1) is 20.0. The predicted octanol–water partition coefficient (Wildman–Crippen LogP) is 2.73. The zero-order valence-electron chi connectivity index (χ0n) is 15.3. The summed E-state index contributed by atoms with van der Waals surface area (Å²) in [7, 11) is 1.54. The third-order valence-corrected chi connectivity index (χ3v) is 4.71. The molecule has 0 unspecified atom stereocenters. The van der Waals surface area contributed by atoms with E-state index < -0.39 is 24.4 Å². The Hall–Kier alpha value is -3.72. The molecule has 2 heterocycles. The monoisotopic (exact) mass is 412 g/mol. The molecule has 148 valence electrons. The molecule has 3 rings (SSSR count). The summed E-state index contributed by atoms with van der Waals surface area (Å²) in [4.78, 5) is 50.5. The number of anilines is 1. The van der Waals surface area contributed by atoms with E-state index in [4.69, 9.17) is 9.15 Å². The highest BCUT2D eigenvalue weighted by Gasteiger charge is 2.22. The highest BCUT2D eigenvalue weighted by molar-refractivity contribution is 7.12. The summed E-state index contributed by atoms with van der Waals surface area (Å²) >= 11 is 1.29. The molecule has 0 fully saturated rings. The van der Waals surface area contributed by atoms with E-state index in [9.17, 15) is 19.2 Å². The van der Waals surface area contributed by atoms with E-state index in [1.54, 1.807) is 42.8 Å². The lowest BCUT2D eigenvalue weighted by Gasteiger charge is -2.19. The number of esters is 1. The SMILES string of the molecule is CN(C(=O)c1cccs1)c1ccccc1C(=O)OCC(=O)NC(=O)c1ccco1. The molecule has 0 aliphatic rings. The van der Waals surface area contributed by atoms with E-state index in [1.807, 2.05) is 0 Å². The second-order valence-electron chi connectivity index (χ2n) is 5.79. The number of thiophene rings is 1. The summed E-state index contributed by atoms with van der Waals surface area (Å²) in [6.45, 7) is -0.664. The Kier molecular flexibility index (Phi) is 6.20. The summed E-state index contributed by atoms with van der Waals surface area (Å²) in [5.41, 5.74) is 0.452. The van der Waals surface area contributed by atoms with Crippen molar-refractivity contribution in [2.45, 2.75) is 0 Å². The fourth-order valence-electron chi connectivity index (χ4n) is 2.45. The quantitative estimate of drug-likeness (QED) is 0.624. The van der Waals surface area contributed by atoms with Crippen LogP contribution >= 0.6 is 11.3 Å². The standard InChI is InChI=1S/C20H16N2O6S/c1-22(19(25)16-9-5-11-29-16)14-7-3-2-6-13(14)20(26)28-12-17(23)21-18(24)15-8-4-10-27-15/h2-11H,12H2,1H3,(H,21,23,24). The van der Waals surface area contributed by atoms with Crippen LogP contribution in [0.25, 0.3) is 0 Å². The number of carbonyl (C=O) groups is 4. The number of furan rings is 1. The van der Waals surface area contributed by atoms with Crippen molar-refractivity contribution in [3.8, 4) is 0 Å². The molecule has 9 heteroatoms. The van der Waals surface area contributed by atoms with Gasteiger partial charge < -0.3 is 14.1 Å². The summed E-state index contributed by atoms with van der Waals surface area (Å²) < 4.78 is 9.88. The summed E-state index contributed by atoms with van der Waals surface area (Å²) in [5, 5.41) is 3.83. The van der Waals surface area contributed by atoms with Crippen LogP contribution in [0.1, 0.15) is 30.6 Å². The molecule has 0 saturated carbocycles. The minimum atomic E-state index is -0.805. The Morgan fingerprint density at radius 1 is 1.07 bits per heavy atom. The largest absolute Gasteiger partial charge is 0.459 e. The number of nitrogens with zero attached hydrogens (tertiary/aromatic N) is 1. The summed E-state index contributed by atoms with van der Waals surface area (Å²) in [6.07, 6.45) is 1.30. The average Bonchev–Trinajstić information content (AvgIpc) is 3.45. The zero-order valence-corrected chi connectivity index (χ0v) is 16.1. The molecule has 3 aromatic rings. The van der Waals surface area contributed by atoms with Gasteiger partial charge in [0.25, 0.3) is 17.7 Å². The Labute approximate surface area is 169 Å². The number of para-hydroxylation sites is 1. The molecule has 1 N–H and O–H groups in total. The van der Waals surface area contributed by atoms with E-state index in [1.165, 1.54) is 40.7 Å². The van der Waals surface area contributed by atoms with E-state index >= 15 is 0 Å². The Bertz CT molecular complexity index is 1030. The Morgan fingerprint density at radius 3 is 2.55 bits per heavy atom. The van der Waals surface area contributed by atoms with E-state index in [-0.39, 0.29) is 17.2 Å². The highest BCUT2D eigenvalue weighted by Crippen LogP contribution is 2.23. The fraction of sp³-hybridized carbons (Fsp3) is 0.100. The molecule has 8 nitrogen and oxygen atoms in total. The predicted molar refractivity (Wildman–Crippen MR) is 105 cm³/mol. The van der Waals surface area contributed by atoms with Crippen LogP contribution in [0.15, 0.2) is 64.6 Å². The highest BCUT2D eigenvalue weighted by atomic mass is 32.1. The molecule has 2 aromatic heterocycles. The molecule has 0 bridgehead atoms. The molecule has 0 radical (unpaired) electrons. The van der Waals surface area contributed by atoms with Crippen molar-refractivity contribution in [3.63, 3.8) is 0 Å². The molecule has 29 heavy (non-hydrogen) atoms. The summed E-state index contributed by atoms with van der Waals surface area (Å²) in [5.74, 6) is -2.66. The molecular weight excluding hydrogens is 396 g/mol. The fourth-order valence-corrected chi connectivity index (χ4v) is 3.15. The number of ether oxygens (including phenoxy) is 1. The maximum Gasteiger partial charge on any atom is 0.340 e. The van der Waals surface area contributed by atoms with Crippen LogP contribution in [-0.4, -0.2) is 37.3 Å². The van der Waals surface area contributed by atoms with Crippen molar-refractivity contribution in [1.82, 2.24) is 5.32 Å². The van der Waals surface area contributed by atoms with Crippen LogP contribution in [0.4, 0.5) is 5.69 Å². The van der Waals surface area contributed by atoms with E-state index in [0.717, 1.165) is 0 Å². The molecule has 0 spiro atoms. The van der Waals surface area contributed by atoms with Gasteiger partial charge in [-0.3, -0.25) is 19.7 Å². The molecule has 0 aliphatic carbocycles. The number of nitrogens with one attached hydrogen (secondary N) is 1. The van der Waals surface area contributed by atoms with Gasteiger partial charge in [-0.05, 0) is 35.7 Å². The molecule has 1 aromatic carbocycles. The lowest BCUT2D eigenvalue weighted by molar-refractivity contribution is -0.123. The number of imide groups is 1. The van der Waals surface area contributed by atoms with Gasteiger partial charge in [-0.2, -0.15) is 0 Å². The van der Waals surface area contributed by atoms with Crippen molar-refractivity contribution < 1.29 is 28.3 Å². The molecular formula is C20H16N2O6S. The second kappa shape index (κ2) is 8.98.